The van der Waals surface area contributed by atoms with Gasteiger partial charge in [0, 0.05) is 41.4 Å². The van der Waals surface area contributed by atoms with Crippen molar-refractivity contribution in [2.45, 2.75) is 18.0 Å². The van der Waals surface area contributed by atoms with Gasteiger partial charge < -0.3 is 10.3 Å². The Labute approximate surface area is 244 Å². The first-order valence-electron chi connectivity index (χ1n) is 12.8. The van der Waals surface area contributed by atoms with E-state index in [1.165, 1.54) is 35.4 Å². The highest BCUT2D eigenvalue weighted by Gasteiger charge is 2.24. The summed E-state index contributed by atoms with van der Waals surface area (Å²) < 4.78 is 25.4. The summed E-state index contributed by atoms with van der Waals surface area (Å²) in [5.74, 6) is 0.295. The maximum Gasteiger partial charge on any atom is 0.263 e. The molecule has 0 fully saturated rings. The molecule has 0 bridgehead atoms. The molecule has 0 spiro atoms. The molecule has 6 rings (SSSR count). The molecule has 6 aromatic rings. The molecule has 1 atom stereocenters. The molecular weight excluding hydrogens is 576 g/mol. The molecule has 0 aliphatic rings. The highest BCUT2D eigenvalue weighted by Crippen LogP contribution is 2.36. The van der Waals surface area contributed by atoms with Crippen LogP contribution in [0.25, 0.3) is 38.6 Å². The average molecular weight is 599 g/mol. The summed E-state index contributed by atoms with van der Waals surface area (Å²) in [7, 11) is -3.50. The maximum atomic E-state index is 14.4. The number of nitrogens with zero attached hydrogens (tertiary/aromatic N) is 4. The fourth-order valence-corrected chi connectivity index (χ4v) is 6.00. The van der Waals surface area contributed by atoms with E-state index in [1.54, 1.807) is 36.4 Å². The average Bonchev–Trinajstić information content (AvgIpc) is 2.98. The molecule has 2 aromatic carbocycles. The quantitative estimate of drug-likeness (QED) is 0.275. The van der Waals surface area contributed by atoms with Crippen LogP contribution in [-0.2, 0) is 9.84 Å². The van der Waals surface area contributed by atoms with Gasteiger partial charge in [-0.2, -0.15) is 0 Å². The third-order valence-corrected chi connectivity index (χ3v) is 8.34. The van der Waals surface area contributed by atoms with Crippen molar-refractivity contribution >= 4 is 49.1 Å². The van der Waals surface area contributed by atoms with Crippen molar-refractivity contribution < 1.29 is 8.42 Å². The second-order valence-corrected chi connectivity index (χ2v) is 12.1. The Kier molecular flexibility index (Phi) is 6.83. The van der Waals surface area contributed by atoms with Crippen molar-refractivity contribution in [2.75, 3.05) is 11.6 Å². The van der Waals surface area contributed by atoms with Crippen LogP contribution in [0.4, 0.5) is 5.82 Å². The molecule has 0 aliphatic heterocycles. The van der Waals surface area contributed by atoms with Gasteiger partial charge in [0.1, 0.15) is 23.2 Å². The summed E-state index contributed by atoms with van der Waals surface area (Å²) in [5, 5.41) is 4.66. The first-order valence-corrected chi connectivity index (χ1v) is 15.1. The Bertz CT molecular complexity index is 2210. The van der Waals surface area contributed by atoms with Crippen LogP contribution in [0.1, 0.15) is 18.7 Å². The lowest BCUT2D eigenvalue weighted by Crippen LogP contribution is -2.27. The van der Waals surface area contributed by atoms with Crippen molar-refractivity contribution in [2.24, 2.45) is 0 Å². The van der Waals surface area contributed by atoms with Crippen LogP contribution >= 0.6 is 11.6 Å². The summed E-state index contributed by atoms with van der Waals surface area (Å²) in [6.07, 6.45) is 5.37. The molecule has 0 saturated carbocycles. The monoisotopic (exact) mass is 598 g/mol. The van der Waals surface area contributed by atoms with E-state index in [0.29, 0.717) is 49.8 Å². The Morgan fingerprint density at radius 2 is 1.71 bits per heavy atom. The number of rotatable bonds is 6. The molecule has 0 aliphatic carbocycles. The molecule has 10 nitrogen and oxygen atoms in total. The number of benzene rings is 2. The standard InChI is InChI=1S/C30H23ClN6O4S/c1-17(36-29-25-22(38)13-14-32-28(25)34-16-35-29)27-26(31)21-10-6-9-20(18-11-12-23(33-15-18)42(2,40)41)24(21)30(39)37(27)19-7-4-3-5-8-19/h3-17H,1-2H3,(H2,32,34,35,36,38)/t17-/m0/s1. The van der Waals surface area contributed by atoms with Gasteiger partial charge in [0.15, 0.2) is 20.3 Å². The van der Waals surface area contributed by atoms with Gasteiger partial charge in [-0.15, -0.1) is 0 Å². The molecule has 4 aromatic heterocycles. The largest absolute Gasteiger partial charge is 0.361 e. The zero-order chi connectivity index (χ0) is 29.6. The van der Waals surface area contributed by atoms with Gasteiger partial charge in [0.25, 0.3) is 5.56 Å². The van der Waals surface area contributed by atoms with Crippen LogP contribution in [0, 0.1) is 0 Å². The van der Waals surface area contributed by atoms with Gasteiger partial charge >= 0.3 is 0 Å². The first-order chi connectivity index (χ1) is 20.1. The van der Waals surface area contributed by atoms with Crippen LogP contribution in [0.15, 0.2) is 100 Å². The summed E-state index contributed by atoms with van der Waals surface area (Å²) in [6.45, 7) is 1.83. The number of fused-ring (bicyclic) bond motifs is 2. The molecule has 42 heavy (non-hydrogen) atoms. The Hall–Kier alpha value is -4.87. The van der Waals surface area contributed by atoms with Crippen LogP contribution in [0.2, 0.25) is 5.02 Å². The van der Waals surface area contributed by atoms with Gasteiger partial charge in [0.2, 0.25) is 0 Å². The lowest BCUT2D eigenvalue weighted by molar-refractivity contribution is 0.598. The summed E-state index contributed by atoms with van der Waals surface area (Å²) in [6, 6.07) is 18.2. The smallest absolute Gasteiger partial charge is 0.263 e. The van der Waals surface area contributed by atoms with Crippen molar-refractivity contribution in [1.29, 1.82) is 0 Å². The van der Waals surface area contributed by atoms with E-state index in [9.17, 15) is 18.0 Å². The molecule has 4 heterocycles. The molecule has 12 heteroatoms. The highest BCUT2D eigenvalue weighted by molar-refractivity contribution is 7.90. The molecule has 0 saturated heterocycles. The van der Waals surface area contributed by atoms with Crippen LogP contribution < -0.4 is 16.3 Å². The Morgan fingerprint density at radius 1 is 0.929 bits per heavy atom. The van der Waals surface area contributed by atoms with Gasteiger partial charge in [-0.3, -0.25) is 14.2 Å². The number of aromatic amines is 1. The number of sulfone groups is 1. The number of pyridine rings is 3. The number of aromatic nitrogens is 5. The fraction of sp³-hybridized carbons (Fsp3) is 0.100. The minimum absolute atomic E-state index is 0.0653. The van der Waals surface area contributed by atoms with Gasteiger partial charge in [0.05, 0.1) is 22.1 Å². The minimum Gasteiger partial charge on any atom is -0.361 e. The predicted molar refractivity (Wildman–Crippen MR) is 163 cm³/mol. The van der Waals surface area contributed by atoms with Crippen LogP contribution in [0.5, 0.6) is 0 Å². The zero-order valence-electron chi connectivity index (χ0n) is 22.4. The lowest BCUT2D eigenvalue weighted by Gasteiger charge is -2.24. The molecule has 0 amide bonds. The summed E-state index contributed by atoms with van der Waals surface area (Å²) in [4.78, 5) is 42.6. The maximum absolute atomic E-state index is 14.4. The fourth-order valence-electron chi connectivity index (χ4n) is 5.03. The van der Waals surface area contributed by atoms with Gasteiger partial charge in [-0.05, 0) is 36.8 Å². The Balaban J connectivity index is 1.59. The van der Waals surface area contributed by atoms with E-state index in [1.807, 2.05) is 25.1 Å². The molecular formula is C30H23ClN6O4S. The number of H-pyrrole nitrogens is 1. The number of hydrogen-bond acceptors (Lipinski definition) is 8. The molecule has 0 radical (unpaired) electrons. The SMILES string of the molecule is C[C@H](Nc1ncnc2[nH]ccc(=O)c12)c1c(Cl)c2cccc(-c3ccc(S(C)(=O)=O)nc3)c2c(=O)n1-c1ccccc1. The van der Waals surface area contributed by atoms with E-state index in [0.717, 1.165) is 6.26 Å². The topological polar surface area (TPSA) is 140 Å². The van der Waals surface area contributed by atoms with Crippen molar-refractivity contribution in [3.63, 3.8) is 0 Å². The number of halogens is 1. The minimum atomic E-state index is -3.50. The van der Waals surface area contributed by atoms with Crippen molar-refractivity contribution in [3.05, 3.63) is 117 Å². The van der Waals surface area contributed by atoms with Crippen LogP contribution in [0.3, 0.4) is 0 Å². The van der Waals surface area contributed by atoms with E-state index in [2.05, 4.69) is 25.3 Å². The third kappa shape index (κ3) is 4.72. The first kappa shape index (κ1) is 27.3. The number of nitrogens with one attached hydrogen (secondary N) is 2. The van der Waals surface area contributed by atoms with Gasteiger partial charge in [-0.1, -0.05) is 48.0 Å². The number of hydrogen-bond donors (Lipinski definition) is 2. The second-order valence-electron chi connectivity index (χ2n) is 9.71. The number of para-hydroxylation sites is 1. The predicted octanol–water partition coefficient (Wildman–Crippen LogP) is 4.91. The second kappa shape index (κ2) is 10.5. The Morgan fingerprint density at radius 3 is 2.43 bits per heavy atom. The van der Waals surface area contributed by atoms with E-state index in [-0.39, 0.29) is 21.4 Å². The summed E-state index contributed by atoms with van der Waals surface area (Å²) in [5.41, 5.74) is 1.94. The normalized spacial score (nSPS) is 12.5. The van der Waals surface area contributed by atoms with Crippen molar-refractivity contribution in [3.8, 4) is 16.8 Å². The van der Waals surface area contributed by atoms with Crippen LogP contribution in [-0.4, -0.2) is 39.2 Å². The molecule has 0 unspecified atom stereocenters. The van der Waals surface area contributed by atoms with Gasteiger partial charge in [-0.25, -0.2) is 23.4 Å². The summed E-state index contributed by atoms with van der Waals surface area (Å²) >= 11 is 7.13. The molecule has 210 valence electrons. The zero-order valence-corrected chi connectivity index (χ0v) is 23.9. The third-order valence-electron chi connectivity index (χ3n) is 6.94. The molecule has 2 N–H and O–H groups in total. The van der Waals surface area contributed by atoms with E-state index >= 15 is 0 Å². The highest BCUT2D eigenvalue weighted by atomic mass is 35.5. The van der Waals surface area contributed by atoms with E-state index < -0.39 is 15.9 Å². The lowest BCUT2D eigenvalue weighted by atomic mass is 9.98. The van der Waals surface area contributed by atoms with E-state index in [4.69, 9.17) is 11.6 Å². The van der Waals surface area contributed by atoms with Crippen molar-refractivity contribution in [1.82, 2.24) is 24.5 Å². The number of anilines is 1.